The van der Waals surface area contributed by atoms with Gasteiger partial charge in [-0.15, -0.1) is 4.72 Å². The number of fused-ring (bicyclic) bond motifs is 1. The Morgan fingerprint density at radius 3 is 2.41 bits per heavy atom. The second-order valence-corrected chi connectivity index (χ2v) is 12.2. The summed E-state index contributed by atoms with van der Waals surface area (Å²) in [5, 5.41) is 14.6. The molecule has 0 saturated heterocycles. The summed E-state index contributed by atoms with van der Waals surface area (Å²) >= 11 is 0. The van der Waals surface area contributed by atoms with Crippen molar-refractivity contribution in [3.63, 3.8) is 0 Å². The molecule has 3 rings (SSSR count). The highest BCUT2D eigenvalue weighted by Crippen LogP contribution is 2.55. The van der Waals surface area contributed by atoms with Crippen LogP contribution in [-0.2, 0) is 19.4 Å². The number of nitrogens with one attached hydrogen (secondary N) is 2. The van der Waals surface area contributed by atoms with Crippen molar-refractivity contribution in [1.29, 1.82) is 0 Å². The van der Waals surface area contributed by atoms with Crippen LogP contribution in [0.1, 0.15) is 78.6 Å². The van der Waals surface area contributed by atoms with Crippen LogP contribution in [0, 0.1) is 29.1 Å². The highest BCUT2D eigenvalue weighted by molar-refractivity contribution is 7.95. The number of hydrogen-bond donors (Lipinski definition) is 3. The average Bonchev–Trinajstić information content (AvgIpc) is 2.64. The summed E-state index contributed by atoms with van der Waals surface area (Å²) < 4.78 is 26.4. The highest BCUT2D eigenvalue weighted by Gasteiger charge is 2.54. The molecule has 0 aromatic rings. The van der Waals surface area contributed by atoms with Crippen molar-refractivity contribution in [3.05, 3.63) is 0 Å². The highest BCUT2D eigenvalue weighted by atomic mass is 32.3. The summed E-state index contributed by atoms with van der Waals surface area (Å²) in [6.07, 6.45) is 9.88. The smallest absolute Gasteiger partial charge is 0.223 e. The van der Waals surface area contributed by atoms with E-state index >= 15 is 0 Å². The molecule has 3 aliphatic carbocycles. The van der Waals surface area contributed by atoms with Crippen LogP contribution < -0.4 is 10.0 Å². The van der Waals surface area contributed by atoms with E-state index in [0.29, 0.717) is 0 Å². The largest absolute Gasteiger partial charge is 0.598 e. The van der Waals surface area contributed by atoms with E-state index in [9.17, 15) is 18.7 Å². The summed E-state index contributed by atoms with van der Waals surface area (Å²) in [6.45, 7) is 6.24. The lowest BCUT2D eigenvalue weighted by molar-refractivity contribution is -0.142. The zero-order valence-electron chi connectivity index (χ0n) is 18.5. The second-order valence-electron chi connectivity index (χ2n) is 10.4. The molecule has 0 spiro atoms. The molecule has 7 heteroatoms. The maximum atomic E-state index is 12.9. The molecule has 8 atom stereocenters. The minimum atomic E-state index is -3.29. The molecule has 2 unspecified atom stereocenters. The third-order valence-corrected chi connectivity index (χ3v) is 8.99. The van der Waals surface area contributed by atoms with Crippen molar-refractivity contribution in [1.82, 2.24) is 10.0 Å². The molecule has 3 N–H and O–H groups in total. The van der Waals surface area contributed by atoms with Crippen LogP contribution in [0.25, 0.3) is 0 Å². The van der Waals surface area contributed by atoms with E-state index in [4.69, 9.17) is 0 Å². The van der Waals surface area contributed by atoms with Gasteiger partial charge in [0.1, 0.15) is 16.7 Å². The van der Waals surface area contributed by atoms with Gasteiger partial charge in [-0.2, -0.15) is 0 Å². The molecular weight excluding hydrogens is 388 g/mol. The quantitative estimate of drug-likeness (QED) is 0.586. The number of hydrogen-bond acceptors (Lipinski definition) is 4. The maximum absolute atomic E-state index is 12.9. The molecule has 0 aromatic heterocycles. The van der Waals surface area contributed by atoms with E-state index in [2.05, 4.69) is 23.9 Å². The van der Waals surface area contributed by atoms with Crippen LogP contribution in [-0.4, -0.2) is 40.0 Å². The van der Waals surface area contributed by atoms with Gasteiger partial charge in [-0.25, -0.2) is 0 Å². The summed E-state index contributed by atoms with van der Waals surface area (Å²) in [6, 6.07) is 0.129. The van der Waals surface area contributed by atoms with Crippen molar-refractivity contribution in [3.8, 4) is 0 Å². The normalized spacial score (nSPS) is 41.8. The third-order valence-electron chi connectivity index (χ3n) is 8.26. The Morgan fingerprint density at radius 2 is 1.79 bits per heavy atom. The molecule has 3 fully saturated rings. The summed E-state index contributed by atoms with van der Waals surface area (Å²) in [7, 11) is -3.29. The first-order valence-corrected chi connectivity index (χ1v) is 13.4. The molecule has 1 amide bonds. The van der Waals surface area contributed by atoms with Crippen LogP contribution >= 0.6 is 0 Å². The lowest BCUT2D eigenvalue weighted by Gasteiger charge is -2.56. The number of aliphatic hydroxyl groups excluding tert-OH is 1. The summed E-state index contributed by atoms with van der Waals surface area (Å²) in [5.74, 6) is -0.198. The number of sulfonamides is 1. The first-order chi connectivity index (χ1) is 13.5. The average molecular weight is 429 g/mol. The van der Waals surface area contributed by atoms with Gasteiger partial charge in [0.05, 0.1) is 12.1 Å². The predicted octanol–water partition coefficient (Wildman–Crippen LogP) is 3.03. The first-order valence-electron chi connectivity index (χ1n) is 11.5. The van der Waals surface area contributed by atoms with Gasteiger partial charge in [0.25, 0.3) is 0 Å². The lowest BCUT2D eigenvalue weighted by Crippen LogP contribution is -2.59. The molecule has 0 bridgehead atoms. The fraction of sp³-hybridized carbons (Fsp3) is 0.955. The van der Waals surface area contributed by atoms with Gasteiger partial charge < -0.3 is 15.0 Å². The number of carbonyl (C=O) groups is 1. The zero-order chi connectivity index (χ0) is 21.4. The molecule has 0 aromatic carbocycles. The third kappa shape index (κ3) is 5.23. The second kappa shape index (κ2) is 8.93. The van der Waals surface area contributed by atoms with Crippen LogP contribution in [0.4, 0.5) is 0 Å². The Kier molecular flexibility index (Phi) is 7.14. The molecule has 168 valence electrons. The topological polar surface area (TPSA) is 101 Å². The van der Waals surface area contributed by atoms with E-state index in [0.717, 1.165) is 38.5 Å². The monoisotopic (exact) mass is 428 g/mol. The molecule has 0 heterocycles. The first kappa shape index (κ1) is 23.2. The van der Waals surface area contributed by atoms with Gasteiger partial charge in [0, 0.05) is 12.0 Å². The van der Waals surface area contributed by atoms with E-state index in [-0.39, 0.29) is 47.1 Å². The van der Waals surface area contributed by atoms with Crippen molar-refractivity contribution in [2.75, 3.05) is 6.26 Å². The maximum Gasteiger partial charge on any atom is 0.223 e. The molecule has 6 nitrogen and oxygen atoms in total. The van der Waals surface area contributed by atoms with Crippen LogP contribution in [0.3, 0.4) is 0 Å². The Labute approximate surface area is 177 Å². The molecule has 3 saturated carbocycles. The van der Waals surface area contributed by atoms with Gasteiger partial charge in [-0.1, -0.05) is 44.2 Å². The van der Waals surface area contributed by atoms with Crippen molar-refractivity contribution in [2.24, 2.45) is 29.1 Å². The van der Waals surface area contributed by atoms with Crippen molar-refractivity contribution >= 4 is 16.3 Å². The van der Waals surface area contributed by atoms with Gasteiger partial charge in [-0.05, 0) is 61.7 Å². The molecular formula is C22H40N2O4S. The Hall–Kier alpha value is -0.500. The molecule has 0 radical (unpaired) electrons. The van der Waals surface area contributed by atoms with E-state index in [1.165, 1.54) is 25.5 Å². The molecule has 3 aliphatic rings. The van der Waals surface area contributed by atoms with E-state index in [1.807, 2.05) is 6.92 Å². The minimum absolute atomic E-state index is 0.000759. The summed E-state index contributed by atoms with van der Waals surface area (Å²) in [5.41, 5.74) is 0.00455. The fourth-order valence-electron chi connectivity index (χ4n) is 6.51. The Balaban J connectivity index is 1.69. The number of aliphatic hydroxyl groups is 1. The summed E-state index contributed by atoms with van der Waals surface area (Å²) in [4.78, 5) is 12.9. The van der Waals surface area contributed by atoms with E-state index in [1.54, 1.807) is 0 Å². The standard InChI is InChI=1S/C22H40N2O4S/c1-14(21(26)23-16-8-6-5-7-9-16)17-10-12-22(3)13-11-18(24-29(4,27)28)15(2)19(22)20(17)25/h14-20,25H,5-13H2,1-4H3,(H2-,23,24,26,27,28)/t14?,15-,17+,18+,19-,20+,22+/m1/s1. The number of carbonyl (C=O) groups excluding carboxylic acids is 1. The Morgan fingerprint density at radius 1 is 1.17 bits per heavy atom. The SMILES string of the molecule is CC(C(=O)NC1CCCCC1)[C@@H]1CC[C@@]2(C)CC[C@H](N[S+](C)(=O)[O-])[C@@H](C)[C@@H]2[C@H]1O. The number of rotatable bonds is 5. The fourth-order valence-corrected chi connectivity index (χ4v) is 7.39. The molecule has 0 aliphatic heterocycles. The predicted molar refractivity (Wildman–Crippen MR) is 115 cm³/mol. The number of amides is 1. The van der Waals surface area contributed by atoms with Gasteiger partial charge in [-0.3, -0.25) is 4.79 Å². The lowest BCUT2D eigenvalue weighted by atomic mass is 9.52. The van der Waals surface area contributed by atoms with Crippen LogP contribution in [0.2, 0.25) is 0 Å². The van der Waals surface area contributed by atoms with Gasteiger partial charge in [0.15, 0.2) is 0 Å². The Bertz CT molecular complexity index is 632. The molecule has 29 heavy (non-hydrogen) atoms. The minimum Gasteiger partial charge on any atom is -0.598 e. The zero-order valence-corrected chi connectivity index (χ0v) is 19.3. The van der Waals surface area contributed by atoms with Gasteiger partial charge in [0.2, 0.25) is 5.91 Å². The van der Waals surface area contributed by atoms with Crippen molar-refractivity contribution in [2.45, 2.75) is 96.7 Å². The van der Waals surface area contributed by atoms with Gasteiger partial charge >= 0.3 is 0 Å². The van der Waals surface area contributed by atoms with Crippen LogP contribution in [0.5, 0.6) is 0 Å². The van der Waals surface area contributed by atoms with Crippen molar-refractivity contribution < 1.29 is 18.7 Å². The van der Waals surface area contributed by atoms with E-state index < -0.39 is 16.5 Å². The van der Waals surface area contributed by atoms with Crippen LogP contribution in [0.15, 0.2) is 0 Å².